The molecule has 0 amide bonds. The third-order valence-corrected chi connectivity index (χ3v) is 2.92. The Morgan fingerprint density at radius 1 is 0.652 bits per heavy atom. The van der Waals surface area contributed by atoms with Crippen molar-refractivity contribution in [1.29, 1.82) is 0 Å². The quantitative estimate of drug-likeness (QED) is 0.521. The standard InChI is InChI=1S/C14H20O9/c1-6-11(20-7(2)15)12(21-8(3)16)13(22-9(4)17)14(19-6)23-10(5)18/h6,11-14H,1-5H3/t6-,11+,12?,13-,14-/m1/s1. The molecule has 0 aromatic carbocycles. The zero-order valence-corrected chi connectivity index (χ0v) is 13.6. The van der Waals surface area contributed by atoms with Gasteiger partial charge in [0.05, 0.1) is 6.10 Å². The Kier molecular flexibility index (Phi) is 6.49. The number of carbonyl (C=O) groups excluding carboxylic acids is 4. The first-order valence-corrected chi connectivity index (χ1v) is 6.96. The van der Waals surface area contributed by atoms with Crippen LogP contribution in [0.2, 0.25) is 0 Å². The number of carbonyl (C=O) groups is 4. The second-order valence-electron chi connectivity index (χ2n) is 5.04. The molecular weight excluding hydrogens is 312 g/mol. The summed E-state index contributed by atoms with van der Waals surface area (Å²) in [5.41, 5.74) is 0. The molecule has 0 spiro atoms. The van der Waals surface area contributed by atoms with Gasteiger partial charge in [-0.05, 0) is 6.92 Å². The summed E-state index contributed by atoms with van der Waals surface area (Å²) in [4.78, 5) is 45.1. The highest BCUT2D eigenvalue weighted by Crippen LogP contribution is 2.29. The summed E-state index contributed by atoms with van der Waals surface area (Å²) >= 11 is 0. The van der Waals surface area contributed by atoms with Gasteiger partial charge in [-0.25, -0.2) is 0 Å². The van der Waals surface area contributed by atoms with Crippen LogP contribution in [0.5, 0.6) is 0 Å². The first kappa shape index (κ1) is 18.9. The third-order valence-electron chi connectivity index (χ3n) is 2.92. The number of rotatable bonds is 4. The van der Waals surface area contributed by atoms with Gasteiger partial charge in [0.25, 0.3) is 0 Å². The molecule has 0 saturated carbocycles. The van der Waals surface area contributed by atoms with Gasteiger partial charge in [-0.1, -0.05) is 0 Å². The van der Waals surface area contributed by atoms with Crippen molar-refractivity contribution in [2.24, 2.45) is 0 Å². The van der Waals surface area contributed by atoms with Crippen LogP contribution in [0.4, 0.5) is 0 Å². The molecule has 0 aromatic heterocycles. The van der Waals surface area contributed by atoms with Crippen molar-refractivity contribution in [3.8, 4) is 0 Å². The SMILES string of the molecule is CC(=O)OC1[C@@H](OC(C)=O)[C@@H](OC(C)=O)O[C@H](C)[C@@H]1OC(C)=O. The molecule has 1 rings (SSSR count). The Hall–Kier alpha value is -2.16. The maximum absolute atomic E-state index is 11.4. The van der Waals surface area contributed by atoms with Crippen LogP contribution in [0.3, 0.4) is 0 Å². The van der Waals surface area contributed by atoms with Gasteiger partial charge >= 0.3 is 23.9 Å². The van der Waals surface area contributed by atoms with Gasteiger partial charge < -0.3 is 23.7 Å². The van der Waals surface area contributed by atoms with Crippen molar-refractivity contribution in [3.05, 3.63) is 0 Å². The minimum atomic E-state index is -1.29. The first-order valence-electron chi connectivity index (χ1n) is 6.96. The highest BCUT2D eigenvalue weighted by molar-refractivity contribution is 5.69. The zero-order chi connectivity index (χ0) is 17.7. The van der Waals surface area contributed by atoms with E-state index < -0.39 is 54.6 Å². The average Bonchev–Trinajstić information content (AvgIpc) is 2.36. The highest BCUT2D eigenvalue weighted by Gasteiger charge is 2.51. The van der Waals surface area contributed by atoms with Gasteiger partial charge in [-0.15, -0.1) is 0 Å². The third kappa shape index (κ3) is 5.51. The van der Waals surface area contributed by atoms with Crippen molar-refractivity contribution in [3.63, 3.8) is 0 Å². The average molecular weight is 332 g/mol. The largest absolute Gasteiger partial charge is 0.456 e. The summed E-state index contributed by atoms with van der Waals surface area (Å²) in [7, 11) is 0. The van der Waals surface area contributed by atoms with Crippen molar-refractivity contribution in [2.75, 3.05) is 0 Å². The minimum Gasteiger partial charge on any atom is -0.456 e. The molecule has 23 heavy (non-hydrogen) atoms. The number of hydrogen-bond acceptors (Lipinski definition) is 9. The molecule has 5 atom stereocenters. The lowest BCUT2D eigenvalue weighted by Gasteiger charge is -2.42. The molecule has 130 valence electrons. The zero-order valence-electron chi connectivity index (χ0n) is 13.6. The van der Waals surface area contributed by atoms with E-state index >= 15 is 0 Å². The van der Waals surface area contributed by atoms with Gasteiger partial charge in [0.2, 0.25) is 12.4 Å². The maximum atomic E-state index is 11.4. The molecule has 0 radical (unpaired) electrons. The summed E-state index contributed by atoms with van der Waals surface area (Å²) in [5, 5.41) is 0. The fraction of sp³-hybridized carbons (Fsp3) is 0.714. The van der Waals surface area contributed by atoms with Crippen LogP contribution in [-0.4, -0.2) is 54.6 Å². The normalized spacial score (nSPS) is 30.0. The van der Waals surface area contributed by atoms with Crippen molar-refractivity contribution in [1.82, 2.24) is 0 Å². The van der Waals surface area contributed by atoms with E-state index in [2.05, 4.69) is 0 Å². The van der Waals surface area contributed by atoms with E-state index in [-0.39, 0.29) is 0 Å². The molecule has 9 heteroatoms. The second-order valence-corrected chi connectivity index (χ2v) is 5.04. The Labute approximate surface area is 133 Å². The van der Waals surface area contributed by atoms with E-state index in [1.165, 1.54) is 6.92 Å². The van der Waals surface area contributed by atoms with E-state index in [1.54, 1.807) is 6.92 Å². The van der Waals surface area contributed by atoms with E-state index in [0.717, 1.165) is 20.8 Å². The Balaban J connectivity index is 3.15. The van der Waals surface area contributed by atoms with E-state index in [9.17, 15) is 19.2 Å². The van der Waals surface area contributed by atoms with Crippen molar-refractivity contribution >= 4 is 23.9 Å². The number of hydrogen-bond donors (Lipinski definition) is 0. The summed E-state index contributed by atoms with van der Waals surface area (Å²) in [5.74, 6) is -2.69. The molecular formula is C14H20O9. The van der Waals surface area contributed by atoms with E-state index in [1.807, 2.05) is 0 Å². The lowest BCUT2D eigenvalue weighted by molar-refractivity contribution is -0.292. The predicted molar refractivity (Wildman–Crippen MR) is 72.8 cm³/mol. The second kappa shape index (κ2) is 7.91. The molecule has 1 saturated heterocycles. The van der Waals surface area contributed by atoms with Crippen LogP contribution in [0.1, 0.15) is 34.6 Å². The minimum absolute atomic E-state index is 0.630. The lowest BCUT2D eigenvalue weighted by atomic mass is 9.99. The van der Waals surface area contributed by atoms with Crippen molar-refractivity contribution < 1.29 is 42.9 Å². The fourth-order valence-electron chi connectivity index (χ4n) is 2.23. The molecule has 0 aliphatic carbocycles. The predicted octanol–water partition coefficient (Wildman–Crippen LogP) is 0.0894. The molecule has 0 aromatic rings. The van der Waals surface area contributed by atoms with Gasteiger partial charge in [-0.2, -0.15) is 0 Å². The van der Waals surface area contributed by atoms with E-state index in [4.69, 9.17) is 23.7 Å². The van der Waals surface area contributed by atoms with Crippen molar-refractivity contribution in [2.45, 2.75) is 65.3 Å². The maximum Gasteiger partial charge on any atom is 0.305 e. The summed E-state index contributed by atoms with van der Waals surface area (Å²) in [6, 6.07) is 0. The highest BCUT2D eigenvalue weighted by atomic mass is 16.7. The Bertz CT molecular complexity index is 487. The van der Waals surface area contributed by atoms with Gasteiger partial charge in [0.1, 0.15) is 0 Å². The molecule has 0 bridgehead atoms. The van der Waals surface area contributed by atoms with Gasteiger partial charge in [-0.3, -0.25) is 19.2 Å². The van der Waals surface area contributed by atoms with Gasteiger partial charge in [0.15, 0.2) is 12.2 Å². The molecule has 9 nitrogen and oxygen atoms in total. The smallest absolute Gasteiger partial charge is 0.305 e. The summed E-state index contributed by atoms with van der Waals surface area (Å²) in [6.07, 6.45) is -5.51. The molecule has 1 heterocycles. The van der Waals surface area contributed by atoms with Crippen LogP contribution in [0, 0.1) is 0 Å². The van der Waals surface area contributed by atoms with E-state index in [0.29, 0.717) is 0 Å². The van der Waals surface area contributed by atoms with Crippen LogP contribution in [0.15, 0.2) is 0 Å². The fourth-order valence-corrected chi connectivity index (χ4v) is 2.23. The van der Waals surface area contributed by atoms with Crippen LogP contribution in [0.25, 0.3) is 0 Å². The van der Waals surface area contributed by atoms with Gasteiger partial charge in [0, 0.05) is 27.7 Å². The molecule has 1 aliphatic heterocycles. The lowest BCUT2D eigenvalue weighted by Crippen LogP contribution is -2.61. The number of ether oxygens (including phenoxy) is 5. The van der Waals surface area contributed by atoms with Crippen LogP contribution >= 0.6 is 0 Å². The first-order chi connectivity index (χ1) is 10.6. The monoisotopic (exact) mass is 332 g/mol. The summed E-state index contributed by atoms with van der Waals surface area (Å²) in [6.45, 7) is 6.16. The molecule has 1 fully saturated rings. The number of esters is 4. The van der Waals surface area contributed by atoms with Crippen LogP contribution < -0.4 is 0 Å². The Morgan fingerprint density at radius 2 is 1.04 bits per heavy atom. The molecule has 0 N–H and O–H groups in total. The molecule has 1 unspecified atom stereocenters. The molecule has 1 aliphatic rings. The van der Waals surface area contributed by atoms with Crippen LogP contribution in [-0.2, 0) is 42.9 Å². The summed E-state index contributed by atoms with van der Waals surface area (Å²) < 4.78 is 25.7. The Morgan fingerprint density at radius 3 is 1.48 bits per heavy atom. The topological polar surface area (TPSA) is 114 Å².